The van der Waals surface area contributed by atoms with Crippen LogP contribution in [0.5, 0.6) is 0 Å². The van der Waals surface area contributed by atoms with Crippen LogP contribution in [0.25, 0.3) is 6.20 Å². The van der Waals surface area contributed by atoms with Crippen LogP contribution in [-0.4, -0.2) is 10.5 Å². The van der Waals surface area contributed by atoms with Gasteiger partial charge in [0, 0.05) is 12.3 Å². The van der Waals surface area contributed by atoms with Crippen LogP contribution in [0.2, 0.25) is 0 Å². The summed E-state index contributed by atoms with van der Waals surface area (Å²) in [6, 6.07) is 4.64. The van der Waals surface area contributed by atoms with E-state index in [9.17, 15) is 9.59 Å². The zero-order valence-electron chi connectivity index (χ0n) is 5.15. The van der Waals surface area contributed by atoms with E-state index in [2.05, 4.69) is 0 Å². The molecular formula is C7H5NO2. The Morgan fingerprint density at radius 2 is 2.30 bits per heavy atom. The second kappa shape index (κ2) is 2.80. The minimum atomic E-state index is -0.231. The van der Waals surface area contributed by atoms with Crippen molar-refractivity contribution in [2.45, 2.75) is 0 Å². The molecule has 0 aliphatic heterocycles. The zero-order chi connectivity index (χ0) is 7.40. The van der Waals surface area contributed by atoms with E-state index in [1.807, 2.05) is 0 Å². The molecule has 1 aromatic rings. The van der Waals surface area contributed by atoms with Gasteiger partial charge >= 0.3 is 0 Å². The number of pyridine rings is 1. The summed E-state index contributed by atoms with van der Waals surface area (Å²) in [6.07, 6.45) is 2.54. The van der Waals surface area contributed by atoms with Crippen molar-refractivity contribution in [3.05, 3.63) is 34.7 Å². The third-order valence-corrected chi connectivity index (χ3v) is 1.04. The lowest BCUT2D eigenvalue weighted by atomic mass is 10.5. The molecule has 0 bridgehead atoms. The summed E-state index contributed by atoms with van der Waals surface area (Å²) in [5.41, 5.74) is -0.231. The fourth-order valence-corrected chi connectivity index (χ4v) is 0.603. The van der Waals surface area contributed by atoms with Crippen LogP contribution in [0, 0.1) is 0 Å². The van der Waals surface area contributed by atoms with Gasteiger partial charge in [0.2, 0.25) is 0 Å². The number of carbonyl (C=O) groups excluding carboxylic acids is 1. The fraction of sp³-hybridized carbons (Fsp3) is 0. The molecule has 0 spiro atoms. The first-order valence-electron chi connectivity index (χ1n) is 2.73. The van der Waals surface area contributed by atoms with Gasteiger partial charge in [0.1, 0.15) is 5.94 Å². The summed E-state index contributed by atoms with van der Waals surface area (Å²) in [5, 5.41) is 0. The molecule has 0 saturated heterocycles. The Kier molecular flexibility index (Phi) is 1.83. The Morgan fingerprint density at radius 3 is 2.90 bits per heavy atom. The molecule has 0 saturated carbocycles. The van der Waals surface area contributed by atoms with Crippen molar-refractivity contribution < 1.29 is 4.79 Å². The first-order chi connectivity index (χ1) is 4.84. The Morgan fingerprint density at radius 1 is 1.50 bits per heavy atom. The van der Waals surface area contributed by atoms with Crippen LogP contribution in [0.1, 0.15) is 0 Å². The molecule has 0 atom stereocenters. The first-order valence-corrected chi connectivity index (χ1v) is 2.73. The molecule has 1 rings (SSSR count). The van der Waals surface area contributed by atoms with Crippen LogP contribution in [0.4, 0.5) is 0 Å². The van der Waals surface area contributed by atoms with E-state index in [4.69, 9.17) is 0 Å². The normalized spacial score (nSPS) is 8.40. The van der Waals surface area contributed by atoms with E-state index in [-0.39, 0.29) is 5.56 Å². The maximum atomic E-state index is 10.8. The molecule has 0 aliphatic carbocycles. The van der Waals surface area contributed by atoms with Crippen molar-refractivity contribution in [2.75, 3.05) is 0 Å². The highest BCUT2D eigenvalue weighted by atomic mass is 16.1. The van der Waals surface area contributed by atoms with Crippen molar-refractivity contribution in [1.82, 2.24) is 4.57 Å². The Hall–Kier alpha value is -1.60. The number of hydrogen-bond donors (Lipinski definition) is 0. The smallest absolute Gasteiger partial charge is 0.255 e. The fourth-order valence-electron chi connectivity index (χ4n) is 0.603. The lowest BCUT2D eigenvalue weighted by Gasteiger charge is -1.89. The average molecular weight is 135 g/mol. The third kappa shape index (κ3) is 1.21. The number of aromatic nitrogens is 1. The quantitative estimate of drug-likeness (QED) is 0.514. The van der Waals surface area contributed by atoms with Gasteiger partial charge in [0.25, 0.3) is 5.56 Å². The van der Waals surface area contributed by atoms with Gasteiger partial charge in [-0.05, 0) is 6.07 Å². The molecule has 0 N–H and O–H groups in total. The lowest BCUT2D eigenvalue weighted by Crippen LogP contribution is -2.11. The van der Waals surface area contributed by atoms with Gasteiger partial charge in [-0.1, -0.05) is 6.07 Å². The van der Waals surface area contributed by atoms with E-state index in [0.717, 1.165) is 10.8 Å². The van der Waals surface area contributed by atoms with Crippen molar-refractivity contribution in [3.8, 4) is 0 Å². The van der Waals surface area contributed by atoms with E-state index in [1.54, 1.807) is 12.1 Å². The molecular weight excluding hydrogens is 130 g/mol. The summed E-state index contributed by atoms with van der Waals surface area (Å²) in [4.78, 5) is 20.5. The van der Waals surface area contributed by atoms with Crippen molar-refractivity contribution in [2.24, 2.45) is 0 Å². The van der Waals surface area contributed by atoms with E-state index < -0.39 is 0 Å². The predicted molar refractivity (Wildman–Crippen MR) is 37.2 cm³/mol. The van der Waals surface area contributed by atoms with Crippen LogP contribution in [-0.2, 0) is 4.79 Å². The van der Waals surface area contributed by atoms with Crippen LogP contribution >= 0.6 is 0 Å². The second-order valence-corrected chi connectivity index (χ2v) is 1.69. The summed E-state index contributed by atoms with van der Waals surface area (Å²) < 4.78 is 1.16. The topological polar surface area (TPSA) is 39.1 Å². The van der Waals surface area contributed by atoms with Crippen LogP contribution < -0.4 is 5.56 Å². The molecule has 50 valence electrons. The van der Waals surface area contributed by atoms with E-state index >= 15 is 0 Å². The minimum Gasteiger partial charge on any atom is -0.281 e. The first kappa shape index (κ1) is 6.52. The van der Waals surface area contributed by atoms with Crippen molar-refractivity contribution >= 4 is 12.1 Å². The minimum absolute atomic E-state index is 0.231. The summed E-state index contributed by atoms with van der Waals surface area (Å²) in [6.45, 7) is 0. The summed E-state index contributed by atoms with van der Waals surface area (Å²) >= 11 is 0. The molecule has 0 aliphatic rings. The van der Waals surface area contributed by atoms with E-state index in [1.165, 1.54) is 18.2 Å². The molecule has 0 radical (unpaired) electrons. The standard InChI is InChI=1S/C7H5NO2/c9-6-5-8-4-2-1-3-7(8)10/h1-5H. The molecule has 3 heteroatoms. The van der Waals surface area contributed by atoms with Crippen molar-refractivity contribution in [1.29, 1.82) is 0 Å². The highest BCUT2D eigenvalue weighted by Crippen LogP contribution is 1.78. The molecule has 1 aromatic heterocycles. The molecule has 0 aromatic carbocycles. The molecule has 0 unspecified atom stereocenters. The maximum absolute atomic E-state index is 10.8. The van der Waals surface area contributed by atoms with Gasteiger partial charge in [-0.15, -0.1) is 0 Å². The Balaban J connectivity index is 3.28. The maximum Gasteiger partial charge on any atom is 0.255 e. The van der Waals surface area contributed by atoms with Crippen LogP contribution in [0.15, 0.2) is 29.2 Å². The molecule has 3 nitrogen and oxygen atoms in total. The summed E-state index contributed by atoms with van der Waals surface area (Å²) in [7, 11) is 0. The molecule has 0 amide bonds. The predicted octanol–water partition coefficient (Wildman–Crippen LogP) is 0.151. The highest BCUT2D eigenvalue weighted by Gasteiger charge is 1.84. The SMILES string of the molecule is O=C=Cn1ccccc1=O. The molecule has 1 heterocycles. The monoisotopic (exact) mass is 135 g/mol. The number of hydrogen-bond acceptors (Lipinski definition) is 2. The van der Waals surface area contributed by atoms with Gasteiger partial charge in [0.05, 0.1) is 6.20 Å². The Labute approximate surface area is 57.2 Å². The Bertz CT molecular complexity index is 320. The van der Waals surface area contributed by atoms with Gasteiger partial charge in [-0.2, -0.15) is 0 Å². The van der Waals surface area contributed by atoms with Gasteiger partial charge < -0.3 is 0 Å². The van der Waals surface area contributed by atoms with Crippen molar-refractivity contribution in [3.63, 3.8) is 0 Å². The summed E-state index contributed by atoms with van der Waals surface area (Å²) in [5.74, 6) is 1.51. The third-order valence-electron chi connectivity index (χ3n) is 1.04. The van der Waals surface area contributed by atoms with Crippen LogP contribution in [0.3, 0.4) is 0 Å². The number of rotatable bonds is 1. The van der Waals surface area contributed by atoms with Gasteiger partial charge in [-0.3, -0.25) is 9.36 Å². The van der Waals surface area contributed by atoms with Gasteiger partial charge in [0.15, 0.2) is 0 Å². The highest BCUT2D eigenvalue weighted by molar-refractivity contribution is 5.63. The average Bonchev–Trinajstić information content (AvgIpc) is 1.94. The number of nitrogens with zero attached hydrogens (tertiary/aromatic N) is 1. The van der Waals surface area contributed by atoms with E-state index in [0.29, 0.717) is 0 Å². The molecule has 10 heavy (non-hydrogen) atoms. The largest absolute Gasteiger partial charge is 0.281 e. The second-order valence-electron chi connectivity index (χ2n) is 1.69. The lowest BCUT2D eigenvalue weighted by molar-refractivity contribution is 0.569. The molecule has 0 fully saturated rings. The van der Waals surface area contributed by atoms with Gasteiger partial charge in [-0.25, -0.2) is 4.79 Å². The zero-order valence-corrected chi connectivity index (χ0v) is 5.15.